The van der Waals surface area contributed by atoms with Crippen molar-refractivity contribution in [2.45, 2.75) is 50.9 Å². The van der Waals surface area contributed by atoms with E-state index >= 15 is 0 Å². The fourth-order valence-corrected chi connectivity index (χ4v) is 3.48. The molecule has 2 N–H and O–H groups in total. The van der Waals surface area contributed by atoms with Crippen LogP contribution in [0, 0.1) is 0 Å². The van der Waals surface area contributed by atoms with Crippen molar-refractivity contribution in [3.8, 4) is 0 Å². The fourth-order valence-electron chi connectivity index (χ4n) is 3.48. The summed E-state index contributed by atoms with van der Waals surface area (Å²) < 4.78 is 16.3. The van der Waals surface area contributed by atoms with E-state index in [0.29, 0.717) is 12.2 Å². The molecule has 0 aromatic heterocycles. The van der Waals surface area contributed by atoms with E-state index in [1.165, 1.54) is 0 Å². The molecule has 1 saturated heterocycles. The molecule has 156 valence electrons. The molecule has 2 aromatic rings. The summed E-state index contributed by atoms with van der Waals surface area (Å²) in [5, 5.41) is 0. The van der Waals surface area contributed by atoms with Crippen LogP contribution in [0.3, 0.4) is 0 Å². The van der Waals surface area contributed by atoms with Crippen LogP contribution in [0.5, 0.6) is 0 Å². The Kier molecular flexibility index (Phi) is 8.68. The zero-order valence-corrected chi connectivity index (χ0v) is 16.9. The number of ether oxygens (including phenoxy) is 3. The second-order valence-electron chi connectivity index (χ2n) is 7.38. The Morgan fingerprint density at radius 2 is 1.62 bits per heavy atom. The minimum absolute atomic E-state index is 0.00160. The highest BCUT2D eigenvalue weighted by Gasteiger charge is 2.15. The van der Waals surface area contributed by atoms with Crippen molar-refractivity contribution in [2.75, 3.05) is 19.8 Å². The zero-order valence-electron chi connectivity index (χ0n) is 16.9. The average Bonchev–Trinajstić information content (AvgIpc) is 3.29. The molecule has 0 saturated carbocycles. The van der Waals surface area contributed by atoms with Gasteiger partial charge in [0.05, 0.1) is 31.4 Å². The van der Waals surface area contributed by atoms with Gasteiger partial charge in [0.25, 0.3) is 0 Å². The summed E-state index contributed by atoms with van der Waals surface area (Å²) in [5.41, 5.74) is 8.80. The van der Waals surface area contributed by atoms with E-state index in [1.54, 1.807) is 6.07 Å². The van der Waals surface area contributed by atoms with Gasteiger partial charge in [0.15, 0.2) is 6.29 Å². The molecule has 0 spiro atoms. The Bertz CT molecular complexity index is 744. The van der Waals surface area contributed by atoms with Crippen molar-refractivity contribution >= 4 is 5.97 Å². The maximum Gasteiger partial charge on any atom is 0.338 e. The summed E-state index contributed by atoms with van der Waals surface area (Å²) in [6.45, 7) is 1.89. The van der Waals surface area contributed by atoms with Gasteiger partial charge in [0.1, 0.15) is 0 Å². The second kappa shape index (κ2) is 11.7. The molecular formula is C24H31NO4. The van der Waals surface area contributed by atoms with Crippen molar-refractivity contribution in [1.29, 1.82) is 0 Å². The monoisotopic (exact) mass is 397 g/mol. The summed E-state index contributed by atoms with van der Waals surface area (Å²) in [6, 6.07) is 17.0. The van der Waals surface area contributed by atoms with Gasteiger partial charge in [-0.2, -0.15) is 0 Å². The molecule has 1 atom stereocenters. The van der Waals surface area contributed by atoms with Gasteiger partial charge in [0.2, 0.25) is 0 Å². The van der Waals surface area contributed by atoms with Gasteiger partial charge in [-0.15, -0.1) is 0 Å². The lowest BCUT2D eigenvalue weighted by Gasteiger charge is -2.13. The smallest absolute Gasteiger partial charge is 0.338 e. The molecule has 0 radical (unpaired) electrons. The van der Waals surface area contributed by atoms with Crippen molar-refractivity contribution in [2.24, 2.45) is 5.73 Å². The molecule has 1 heterocycles. The molecule has 5 nitrogen and oxygen atoms in total. The summed E-state index contributed by atoms with van der Waals surface area (Å²) >= 11 is 0. The Hall–Kier alpha value is -2.21. The van der Waals surface area contributed by atoms with Gasteiger partial charge >= 0.3 is 5.97 Å². The SMILES string of the molecule is NC(c1ccccc1)c1cccc(C(=O)OCCCCCCCC2OCCO2)c1. The molecule has 1 aliphatic rings. The standard InChI is InChI=1S/C24H31NO4/c25-23(19-10-5-4-6-11-19)20-12-9-13-21(18-20)24(26)29-15-8-3-1-2-7-14-22-27-16-17-28-22/h4-6,9-13,18,22-23H,1-3,7-8,14-17,25H2. The molecule has 0 bridgehead atoms. The lowest BCUT2D eigenvalue weighted by molar-refractivity contribution is -0.0480. The molecule has 29 heavy (non-hydrogen) atoms. The van der Waals surface area contributed by atoms with E-state index in [9.17, 15) is 4.79 Å². The Morgan fingerprint density at radius 1 is 0.931 bits per heavy atom. The van der Waals surface area contributed by atoms with E-state index in [0.717, 1.165) is 62.9 Å². The Balaban J connectivity index is 1.34. The predicted molar refractivity (Wildman–Crippen MR) is 113 cm³/mol. The quantitative estimate of drug-likeness (QED) is 0.443. The fraction of sp³-hybridized carbons (Fsp3) is 0.458. The van der Waals surface area contributed by atoms with Gasteiger partial charge in [-0.3, -0.25) is 0 Å². The van der Waals surface area contributed by atoms with Crippen LogP contribution in [0.1, 0.15) is 66.1 Å². The van der Waals surface area contributed by atoms with Gasteiger partial charge in [0, 0.05) is 0 Å². The normalized spacial score (nSPS) is 15.3. The number of rotatable bonds is 11. The largest absolute Gasteiger partial charge is 0.462 e. The molecule has 1 fully saturated rings. The highest BCUT2D eigenvalue weighted by Crippen LogP contribution is 2.20. The van der Waals surface area contributed by atoms with Gasteiger partial charge in [-0.1, -0.05) is 61.7 Å². The molecule has 1 aliphatic heterocycles. The molecule has 1 unspecified atom stereocenters. The second-order valence-corrected chi connectivity index (χ2v) is 7.38. The van der Waals surface area contributed by atoms with Crippen LogP contribution >= 0.6 is 0 Å². The first-order valence-electron chi connectivity index (χ1n) is 10.5. The lowest BCUT2D eigenvalue weighted by atomic mass is 9.98. The third kappa shape index (κ3) is 6.96. The van der Waals surface area contributed by atoms with E-state index in [1.807, 2.05) is 48.5 Å². The summed E-state index contributed by atoms with van der Waals surface area (Å²) in [5.74, 6) is -0.289. The number of esters is 1. The first-order valence-corrected chi connectivity index (χ1v) is 10.5. The van der Waals surface area contributed by atoms with Crippen LogP contribution in [-0.2, 0) is 14.2 Å². The first-order chi connectivity index (χ1) is 14.2. The van der Waals surface area contributed by atoms with Crippen molar-refractivity contribution in [3.63, 3.8) is 0 Å². The molecular weight excluding hydrogens is 366 g/mol. The number of benzene rings is 2. The highest BCUT2D eigenvalue weighted by atomic mass is 16.7. The molecule has 0 aliphatic carbocycles. The number of nitrogens with two attached hydrogens (primary N) is 1. The van der Waals surface area contributed by atoms with Crippen LogP contribution in [0.4, 0.5) is 0 Å². The van der Waals surface area contributed by atoms with Crippen LogP contribution in [0.25, 0.3) is 0 Å². The summed E-state index contributed by atoms with van der Waals surface area (Å²) in [4.78, 5) is 12.3. The van der Waals surface area contributed by atoms with E-state index < -0.39 is 0 Å². The summed E-state index contributed by atoms with van der Waals surface area (Å²) in [6.07, 6.45) is 6.29. The topological polar surface area (TPSA) is 70.8 Å². The number of unbranched alkanes of at least 4 members (excludes halogenated alkanes) is 4. The first kappa shape index (κ1) is 21.5. The van der Waals surface area contributed by atoms with Crippen LogP contribution in [0.15, 0.2) is 54.6 Å². The molecule has 5 heteroatoms. The average molecular weight is 398 g/mol. The number of hydrogen-bond donors (Lipinski definition) is 1. The number of hydrogen-bond acceptors (Lipinski definition) is 5. The van der Waals surface area contributed by atoms with Crippen molar-refractivity contribution < 1.29 is 19.0 Å². The lowest BCUT2D eigenvalue weighted by Crippen LogP contribution is -2.13. The maximum atomic E-state index is 12.3. The number of carbonyl (C=O) groups is 1. The Morgan fingerprint density at radius 3 is 2.41 bits per heavy atom. The highest BCUT2D eigenvalue weighted by molar-refractivity contribution is 5.89. The van der Waals surface area contributed by atoms with Crippen LogP contribution in [-0.4, -0.2) is 32.1 Å². The van der Waals surface area contributed by atoms with Crippen molar-refractivity contribution in [1.82, 2.24) is 0 Å². The van der Waals surface area contributed by atoms with E-state index in [2.05, 4.69) is 0 Å². The van der Waals surface area contributed by atoms with Crippen LogP contribution in [0.2, 0.25) is 0 Å². The van der Waals surface area contributed by atoms with Gasteiger partial charge in [-0.05, 0) is 42.5 Å². The van der Waals surface area contributed by atoms with E-state index in [-0.39, 0.29) is 18.3 Å². The Labute approximate surface area is 173 Å². The number of carbonyl (C=O) groups excluding carboxylic acids is 1. The minimum Gasteiger partial charge on any atom is -0.462 e. The van der Waals surface area contributed by atoms with E-state index in [4.69, 9.17) is 19.9 Å². The van der Waals surface area contributed by atoms with Gasteiger partial charge < -0.3 is 19.9 Å². The van der Waals surface area contributed by atoms with Gasteiger partial charge in [-0.25, -0.2) is 4.79 Å². The third-order valence-corrected chi connectivity index (χ3v) is 5.15. The minimum atomic E-state index is -0.289. The zero-order chi connectivity index (χ0) is 20.3. The van der Waals surface area contributed by atoms with Crippen LogP contribution < -0.4 is 5.73 Å². The molecule has 2 aromatic carbocycles. The molecule has 0 amide bonds. The predicted octanol–water partition coefficient (Wildman–Crippen LogP) is 4.61. The maximum absolute atomic E-state index is 12.3. The third-order valence-electron chi connectivity index (χ3n) is 5.15. The van der Waals surface area contributed by atoms with Crippen molar-refractivity contribution in [3.05, 3.63) is 71.3 Å². The molecule has 3 rings (SSSR count). The summed E-state index contributed by atoms with van der Waals surface area (Å²) in [7, 11) is 0.